The lowest BCUT2D eigenvalue weighted by atomic mass is 9.87. The normalized spacial score (nSPS) is 15.4. The molecule has 1 amide bonds. The molecule has 1 N–H and O–H groups in total. The number of amides is 1. The van der Waals surface area contributed by atoms with Crippen LogP contribution in [0.1, 0.15) is 39.2 Å². The highest BCUT2D eigenvalue weighted by molar-refractivity contribution is 6.48. The smallest absolute Gasteiger partial charge is 0.274 e. The van der Waals surface area contributed by atoms with Gasteiger partial charge in [0.1, 0.15) is 5.75 Å². The van der Waals surface area contributed by atoms with Crippen LogP contribution in [0.5, 0.6) is 5.75 Å². The molecule has 0 bridgehead atoms. The summed E-state index contributed by atoms with van der Waals surface area (Å²) in [6, 6.07) is 3.01. The number of carbonyl (C=O) groups is 1. The van der Waals surface area contributed by atoms with E-state index in [1.54, 1.807) is 6.07 Å². The van der Waals surface area contributed by atoms with Crippen LogP contribution in [0.2, 0.25) is 13.1 Å². The van der Waals surface area contributed by atoms with Crippen molar-refractivity contribution < 1.29 is 18.9 Å². The zero-order valence-corrected chi connectivity index (χ0v) is 17.0. The molecule has 1 unspecified atom stereocenters. The highest BCUT2D eigenvalue weighted by atomic mass is 28.3. The first-order chi connectivity index (χ1) is 12.1. The minimum absolute atomic E-state index is 0.00554. The van der Waals surface area contributed by atoms with Gasteiger partial charge in [-0.05, 0) is 31.0 Å². The molecule has 26 heavy (non-hydrogen) atoms. The number of nitrogens with zero attached hydrogens (tertiary/aromatic N) is 1. The van der Waals surface area contributed by atoms with Crippen molar-refractivity contribution in [2.24, 2.45) is 5.41 Å². The van der Waals surface area contributed by atoms with Crippen LogP contribution in [0.4, 0.5) is 11.4 Å². The van der Waals surface area contributed by atoms with Gasteiger partial charge in [-0.15, -0.1) is 0 Å². The Balaban J connectivity index is 2.14. The van der Waals surface area contributed by atoms with Gasteiger partial charge in [0, 0.05) is 18.9 Å². The average Bonchev–Trinajstić information content (AvgIpc) is 2.52. The van der Waals surface area contributed by atoms with Gasteiger partial charge in [-0.1, -0.05) is 20.8 Å². The number of nitrogens with one attached hydrogen (secondary N) is 1. The number of hydrogen-bond acceptors (Lipinski definition) is 5. The number of rotatable bonds is 7. The minimum Gasteiger partial charge on any atom is -0.491 e. The monoisotopic (exact) mass is 379 g/mol. The Bertz CT molecular complexity index is 685. The van der Waals surface area contributed by atoms with E-state index in [2.05, 4.69) is 39.2 Å². The first-order valence-electron chi connectivity index (χ1n) is 8.79. The topological polar surface area (TPSA) is 90.7 Å². The molecule has 0 saturated heterocycles. The predicted octanol–water partition coefficient (Wildman–Crippen LogP) is 3.93. The van der Waals surface area contributed by atoms with Crippen molar-refractivity contribution in [2.45, 2.75) is 59.2 Å². The van der Waals surface area contributed by atoms with Crippen molar-refractivity contribution in [1.82, 2.24) is 0 Å². The number of benzene rings is 1. The molecule has 1 atom stereocenters. The molecule has 0 spiro atoms. The van der Waals surface area contributed by atoms with Crippen molar-refractivity contribution >= 4 is 26.3 Å². The number of ether oxygens (including phenoxy) is 1. The van der Waals surface area contributed by atoms with Gasteiger partial charge in [-0.2, -0.15) is 0 Å². The van der Waals surface area contributed by atoms with Crippen LogP contribution >= 0.6 is 0 Å². The summed E-state index contributed by atoms with van der Waals surface area (Å²) in [6.07, 6.45) is 1.36. The van der Waals surface area contributed by atoms with Crippen LogP contribution < -0.4 is 10.1 Å². The summed E-state index contributed by atoms with van der Waals surface area (Å²) < 4.78 is 12.0. The van der Waals surface area contributed by atoms with Crippen molar-refractivity contribution in [2.75, 3.05) is 11.9 Å². The molecule has 143 valence electrons. The fourth-order valence-corrected chi connectivity index (χ4v) is 4.01. The molecule has 0 aromatic heterocycles. The largest absolute Gasteiger partial charge is 0.491 e. The highest BCUT2D eigenvalue weighted by Crippen LogP contribution is 2.38. The summed E-state index contributed by atoms with van der Waals surface area (Å²) in [5.41, 5.74) is 0.976. The van der Waals surface area contributed by atoms with E-state index >= 15 is 0 Å². The number of nitro benzene ring substituents is 1. The molecule has 0 fully saturated rings. The third-order valence-electron chi connectivity index (χ3n) is 4.29. The Morgan fingerprint density at radius 1 is 1.31 bits per heavy atom. The Morgan fingerprint density at radius 2 is 2.00 bits per heavy atom. The summed E-state index contributed by atoms with van der Waals surface area (Å²) in [7, 11) is -0.833. The maximum atomic E-state index is 11.7. The molecule has 1 aliphatic rings. The number of hydrogen-bond donors (Lipinski definition) is 1. The summed E-state index contributed by atoms with van der Waals surface area (Å²) in [4.78, 5) is 22.5. The third-order valence-corrected chi connectivity index (χ3v) is 5.05. The van der Waals surface area contributed by atoms with Gasteiger partial charge in [0.15, 0.2) is 0 Å². The number of carbonyl (C=O) groups excluding carboxylic acids is 1. The van der Waals surface area contributed by atoms with Crippen molar-refractivity contribution in [3.63, 3.8) is 0 Å². The lowest BCUT2D eigenvalue weighted by Gasteiger charge is -2.32. The summed E-state index contributed by atoms with van der Waals surface area (Å²) in [5.74, 6) is 0.327. The van der Waals surface area contributed by atoms with Gasteiger partial charge < -0.3 is 14.5 Å². The van der Waals surface area contributed by atoms with E-state index in [0.29, 0.717) is 36.4 Å². The second kappa shape index (κ2) is 8.18. The van der Waals surface area contributed by atoms with E-state index in [0.717, 1.165) is 0 Å². The van der Waals surface area contributed by atoms with E-state index in [9.17, 15) is 14.9 Å². The quantitative estimate of drug-likeness (QED) is 0.440. The second-order valence-corrected chi connectivity index (χ2v) is 9.81. The Morgan fingerprint density at radius 3 is 2.58 bits per heavy atom. The molecule has 2 rings (SSSR count). The van der Waals surface area contributed by atoms with Gasteiger partial charge in [0.25, 0.3) is 5.69 Å². The molecular formula is C18H27N2O5Si. The van der Waals surface area contributed by atoms with E-state index in [-0.39, 0.29) is 29.5 Å². The number of anilines is 1. The lowest BCUT2D eigenvalue weighted by Crippen LogP contribution is -2.34. The minimum atomic E-state index is -0.833. The van der Waals surface area contributed by atoms with Gasteiger partial charge in [-0.25, -0.2) is 0 Å². The molecule has 1 aliphatic heterocycles. The zero-order valence-electron chi connectivity index (χ0n) is 16.0. The molecular weight excluding hydrogens is 352 g/mol. The lowest BCUT2D eigenvalue weighted by molar-refractivity contribution is -0.385. The van der Waals surface area contributed by atoms with E-state index in [1.165, 1.54) is 6.07 Å². The number of nitro groups is 1. The standard InChI is InChI=1S/C18H27N2O5Si/c1-18(2,3)15(25-26(4)5)10-11-24-14-8-7-13(20(22)23)12-6-9-16(21)19-17(12)14/h7-8,15H,6,9-11H2,1-5H3,(H,19,21). The molecule has 7 nitrogen and oxygen atoms in total. The molecule has 1 radical (unpaired) electrons. The van der Waals surface area contributed by atoms with Crippen LogP contribution in [-0.4, -0.2) is 32.6 Å². The van der Waals surface area contributed by atoms with E-state index < -0.39 is 14.0 Å². The van der Waals surface area contributed by atoms with Gasteiger partial charge in [0.05, 0.1) is 28.9 Å². The van der Waals surface area contributed by atoms with E-state index in [4.69, 9.17) is 9.16 Å². The van der Waals surface area contributed by atoms with Crippen molar-refractivity contribution in [3.8, 4) is 5.75 Å². The van der Waals surface area contributed by atoms with Crippen molar-refractivity contribution in [3.05, 3.63) is 27.8 Å². The predicted molar refractivity (Wildman–Crippen MR) is 102 cm³/mol. The Labute approximate surface area is 155 Å². The van der Waals surface area contributed by atoms with Crippen LogP contribution in [-0.2, 0) is 15.6 Å². The second-order valence-electron chi connectivity index (χ2n) is 7.76. The van der Waals surface area contributed by atoms with Crippen LogP contribution in [0.25, 0.3) is 0 Å². The highest BCUT2D eigenvalue weighted by Gasteiger charge is 2.29. The van der Waals surface area contributed by atoms with Crippen molar-refractivity contribution in [1.29, 1.82) is 0 Å². The maximum Gasteiger partial charge on any atom is 0.274 e. The van der Waals surface area contributed by atoms with Gasteiger partial charge >= 0.3 is 0 Å². The summed E-state index contributed by atoms with van der Waals surface area (Å²) in [6.45, 7) is 11.0. The molecule has 1 aromatic rings. The molecule has 0 saturated carbocycles. The average molecular weight is 380 g/mol. The zero-order chi connectivity index (χ0) is 19.5. The molecule has 0 aliphatic carbocycles. The summed E-state index contributed by atoms with van der Waals surface area (Å²) >= 11 is 0. The summed E-state index contributed by atoms with van der Waals surface area (Å²) in [5, 5.41) is 14.0. The first-order valence-corrected chi connectivity index (χ1v) is 11.2. The maximum absolute atomic E-state index is 11.7. The van der Waals surface area contributed by atoms with Gasteiger partial charge in [-0.3, -0.25) is 14.9 Å². The Hall–Kier alpha value is -1.93. The first kappa shape index (κ1) is 20.4. The van der Waals surface area contributed by atoms with Crippen LogP contribution in [0, 0.1) is 15.5 Å². The fourth-order valence-electron chi connectivity index (χ4n) is 2.97. The third kappa shape index (κ3) is 5.04. The molecule has 1 heterocycles. The van der Waals surface area contributed by atoms with Crippen LogP contribution in [0.15, 0.2) is 12.1 Å². The van der Waals surface area contributed by atoms with Crippen LogP contribution in [0.3, 0.4) is 0 Å². The Kier molecular flexibility index (Phi) is 6.41. The van der Waals surface area contributed by atoms with E-state index in [1.807, 2.05) is 0 Å². The fraction of sp³-hybridized carbons (Fsp3) is 0.611. The molecule has 8 heteroatoms. The molecule has 1 aromatic carbocycles. The number of fused-ring (bicyclic) bond motifs is 1. The SMILES string of the molecule is C[Si](C)OC(CCOc1ccc([N+](=O)[O-])c2c1NC(=O)CC2)C(C)(C)C. The van der Waals surface area contributed by atoms with Gasteiger partial charge in [0.2, 0.25) is 14.9 Å².